The van der Waals surface area contributed by atoms with E-state index in [4.69, 9.17) is 9.84 Å². The number of carbonyl (C=O) groups is 1. The molecule has 3 nitrogen and oxygen atoms in total. The number of hydrogen-bond acceptors (Lipinski definition) is 2. The molecule has 0 spiro atoms. The average Bonchev–Trinajstić information content (AvgIpc) is 2.45. The van der Waals surface area contributed by atoms with E-state index in [1.54, 1.807) is 0 Å². The second-order valence-corrected chi connectivity index (χ2v) is 3.98. The van der Waals surface area contributed by atoms with E-state index in [1.807, 2.05) is 54.6 Å². The van der Waals surface area contributed by atoms with E-state index < -0.39 is 5.97 Å². The first-order valence-electron chi connectivity index (χ1n) is 5.92. The van der Waals surface area contributed by atoms with Gasteiger partial charge in [-0.15, -0.1) is 0 Å². The van der Waals surface area contributed by atoms with Crippen molar-refractivity contribution in [1.82, 2.24) is 0 Å². The maximum Gasteiger partial charge on any atom is 0.328 e. The molecule has 0 radical (unpaired) electrons. The van der Waals surface area contributed by atoms with Crippen LogP contribution in [0.25, 0.3) is 6.08 Å². The SMILES string of the molecule is O=C(O)C=Cc1ccccc1OCc1ccccc1. The number of hydrogen-bond donors (Lipinski definition) is 1. The maximum absolute atomic E-state index is 10.5. The van der Waals surface area contributed by atoms with E-state index >= 15 is 0 Å². The summed E-state index contributed by atoms with van der Waals surface area (Å²) in [6.07, 6.45) is 2.63. The molecule has 0 saturated carbocycles. The molecule has 3 heteroatoms. The number of aliphatic carboxylic acids is 1. The fraction of sp³-hybridized carbons (Fsp3) is 0.0625. The van der Waals surface area contributed by atoms with Gasteiger partial charge < -0.3 is 9.84 Å². The highest BCUT2D eigenvalue weighted by Crippen LogP contribution is 2.20. The minimum atomic E-state index is -0.974. The number of rotatable bonds is 5. The zero-order chi connectivity index (χ0) is 13.5. The summed E-state index contributed by atoms with van der Waals surface area (Å²) in [6, 6.07) is 17.2. The Morgan fingerprint density at radius 1 is 1.05 bits per heavy atom. The molecule has 0 aromatic heterocycles. The van der Waals surface area contributed by atoms with Crippen LogP contribution in [0.2, 0.25) is 0 Å². The molecule has 19 heavy (non-hydrogen) atoms. The molecule has 96 valence electrons. The fourth-order valence-electron chi connectivity index (χ4n) is 1.65. The zero-order valence-corrected chi connectivity index (χ0v) is 10.3. The molecule has 0 amide bonds. The zero-order valence-electron chi connectivity index (χ0n) is 10.3. The summed E-state index contributed by atoms with van der Waals surface area (Å²) in [4.78, 5) is 10.5. The summed E-state index contributed by atoms with van der Waals surface area (Å²) in [5, 5.41) is 8.65. The molecular weight excluding hydrogens is 240 g/mol. The van der Waals surface area contributed by atoms with Crippen molar-refractivity contribution in [2.45, 2.75) is 6.61 Å². The molecule has 0 aliphatic rings. The Balaban J connectivity index is 2.10. The monoisotopic (exact) mass is 254 g/mol. The summed E-state index contributed by atoms with van der Waals surface area (Å²) in [5.41, 5.74) is 1.82. The van der Waals surface area contributed by atoms with Crippen LogP contribution in [0, 0.1) is 0 Å². The molecule has 0 atom stereocenters. The molecular formula is C16H14O3. The van der Waals surface area contributed by atoms with E-state index in [9.17, 15) is 4.79 Å². The molecule has 0 unspecified atom stereocenters. The molecule has 2 aromatic carbocycles. The topological polar surface area (TPSA) is 46.5 Å². The Bertz CT molecular complexity index is 574. The van der Waals surface area contributed by atoms with Gasteiger partial charge in [0.2, 0.25) is 0 Å². The lowest BCUT2D eigenvalue weighted by atomic mass is 10.2. The first kappa shape index (κ1) is 12.9. The Labute approximate surface area is 111 Å². The number of para-hydroxylation sites is 1. The van der Waals surface area contributed by atoms with Gasteiger partial charge in [0.25, 0.3) is 0 Å². The van der Waals surface area contributed by atoms with E-state index in [0.717, 1.165) is 17.2 Å². The largest absolute Gasteiger partial charge is 0.488 e. The van der Waals surface area contributed by atoms with Crippen molar-refractivity contribution >= 4 is 12.0 Å². The lowest BCUT2D eigenvalue weighted by Gasteiger charge is -2.09. The molecule has 0 fully saturated rings. The average molecular weight is 254 g/mol. The lowest BCUT2D eigenvalue weighted by Crippen LogP contribution is -1.96. The second kappa shape index (κ2) is 6.40. The molecule has 1 N–H and O–H groups in total. The summed E-state index contributed by atoms with van der Waals surface area (Å²) in [5.74, 6) is -0.304. The number of benzene rings is 2. The van der Waals surface area contributed by atoms with Gasteiger partial charge in [0, 0.05) is 11.6 Å². The van der Waals surface area contributed by atoms with Gasteiger partial charge >= 0.3 is 5.97 Å². The Morgan fingerprint density at radius 3 is 2.47 bits per heavy atom. The van der Waals surface area contributed by atoms with Crippen LogP contribution in [0.15, 0.2) is 60.7 Å². The van der Waals surface area contributed by atoms with Crippen molar-refractivity contribution in [3.63, 3.8) is 0 Å². The van der Waals surface area contributed by atoms with Crippen LogP contribution in [-0.4, -0.2) is 11.1 Å². The van der Waals surface area contributed by atoms with Crippen molar-refractivity contribution in [1.29, 1.82) is 0 Å². The minimum Gasteiger partial charge on any atom is -0.488 e. The molecule has 0 aliphatic heterocycles. The molecule has 0 bridgehead atoms. The first-order valence-corrected chi connectivity index (χ1v) is 5.92. The molecule has 0 saturated heterocycles. The van der Waals surface area contributed by atoms with Gasteiger partial charge in [0.15, 0.2) is 0 Å². The van der Waals surface area contributed by atoms with Gasteiger partial charge in [-0.3, -0.25) is 0 Å². The summed E-state index contributed by atoms with van der Waals surface area (Å²) >= 11 is 0. The maximum atomic E-state index is 10.5. The predicted molar refractivity (Wildman–Crippen MR) is 73.9 cm³/mol. The summed E-state index contributed by atoms with van der Waals surface area (Å²) in [6.45, 7) is 0.457. The van der Waals surface area contributed by atoms with Crippen molar-refractivity contribution < 1.29 is 14.6 Å². The number of ether oxygens (including phenoxy) is 1. The molecule has 2 aromatic rings. The Kier molecular flexibility index (Phi) is 4.34. The van der Waals surface area contributed by atoms with Crippen LogP contribution in [0.4, 0.5) is 0 Å². The van der Waals surface area contributed by atoms with Crippen LogP contribution >= 0.6 is 0 Å². The fourth-order valence-corrected chi connectivity index (χ4v) is 1.65. The van der Waals surface area contributed by atoms with Gasteiger partial charge in [0.05, 0.1) is 0 Å². The third-order valence-electron chi connectivity index (χ3n) is 2.56. The van der Waals surface area contributed by atoms with Gasteiger partial charge in [0.1, 0.15) is 12.4 Å². The summed E-state index contributed by atoms with van der Waals surface area (Å²) < 4.78 is 5.71. The highest BCUT2D eigenvalue weighted by molar-refractivity contribution is 5.85. The standard InChI is InChI=1S/C16H14O3/c17-16(18)11-10-14-8-4-5-9-15(14)19-12-13-6-2-1-3-7-13/h1-11H,12H2,(H,17,18). The van der Waals surface area contributed by atoms with Crippen LogP contribution < -0.4 is 4.74 Å². The number of carboxylic acid groups (broad SMARTS) is 1. The van der Waals surface area contributed by atoms with Crippen LogP contribution in [0.1, 0.15) is 11.1 Å². The van der Waals surface area contributed by atoms with E-state index in [2.05, 4.69) is 0 Å². The quantitative estimate of drug-likeness (QED) is 0.832. The van der Waals surface area contributed by atoms with Gasteiger partial charge in [-0.25, -0.2) is 4.79 Å². The second-order valence-electron chi connectivity index (χ2n) is 3.98. The van der Waals surface area contributed by atoms with Crippen molar-refractivity contribution in [2.75, 3.05) is 0 Å². The minimum absolute atomic E-state index is 0.457. The van der Waals surface area contributed by atoms with E-state index in [1.165, 1.54) is 6.08 Å². The third-order valence-corrected chi connectivity index (χ3v) is 2.56. The van der Waals surface area contributed by atoms with Gasteiger partial charge in [-0.05, 0) is 17.7 Å². The van der Waals surface area contributed by atoms with Crippen molar-refractivity contribution in [2.24, 2.45) is 0 Å². The molecule has 0 aliphatic carbocycles. The van der Waals surface area contributed by atoms with E-state index in [0.29, 0.717) is 12.4 Å². The smallest absolute Gasteiger partial charge is 0.328 e. The van der Waals surface area contributed by atoms with Crippen LogP contribution in [0.3, 0.4) is 0 Å². The van der Waals surface area contributed by atoms with Gasteiger partial charge in [-0.2, -0.15) is 0 Å². The Hall–Kier alpha value is -2.55. The van der Waals surface area contributed by atoms with Gasteiger partial charge in [-0.1, -0.05) is 48.5 Å². The van der Waals surface area contributed by atoms with Crippen molar-refractivity contribution in [3.05, 3.63) is 71.8 Å². The van der Waals surface area contributed by atoms with E-state index in [-0.39, 0.29) is 0 Å². The van der Waals surface area contributed by atoms with Crippen LogP contribution in [0.5, 0.6) is 5.75 Å². The normalized spacial score (nSPS) is 10.5. The summed E-state index contributed by atoms with van der Waals surface area (Å²) in [7, 11) is 0. The number of carboxylic acids is 1. The highest BCUT2D eigenvalue weighted by atomic mass is 16.5. The first-order chi connectivity index (χ1) is 9.25. The Morgan fingerprint density at radius 2 is 1.74 bits per heavy atom. The van der Waals surface area contributed by atoms with Crippen LogP contribution in [-0.2, 0) is 11.4 Å². The van der Waals surface area contributed by atoms with Crippen molar-refractivity contribution in [3.8, 4) is 5.75 Å². The lowest BCUT2D eigenvalue weighted by molar-refractivity contribution is -0.131. The predicted octanol–water partition coefficient (Wildman–Crippen LogP) is 3.36. The highest BCUT2D eigenvalue weighted by Gasteiger charge is 2.01. The molecule has 0 heterocycles. The third kappa shape index (κ3) is 4.00. The molecule has 2 rings (SSSR count).